The maximum Gasteiger partial charge on any atom is 0.269 e. The van der Waals surface area contributed by atoms with Crippen molar-refractivity contribution in [2.24, 2.45) is 11.7 Å². The van der Waals surface area contributed by atoms with Crippen molar-refractivity contribution in [3.05, 3.63) is 58.5 Å². The normalized spacial score (nSPS) is 21.0. The second kappa shape index (κ2) is 8.84. The van der Waals surface area contributed by atoms with E-state index in [0.29, 0.717) is 16.6 Å². The molecule has 2 aliphatic rings. The Kier molecular flexibility index (Phi) is 5.84. The lowest BCUT2D eigenvalue weighted by Gasteiger charge is -2.34. The summed E-state index contributed by atoms with van der Waals surface area (Å²) in [6, 6.07) is 8.78. The highest BCUT2D eigenvalue weighted by molar-refractivity contribution is 6.30. The first kappa shape index (κ1) is 23.1. The van der Waals surface area contributed by atoms with Crippen LogP contribution < -0.4 is 16.8 Å². The van der Waals surface area contributed by atoms with E-state index in [-0.39, 0.29) is 53.1 Å². The van der Waals surface area contributed by atoms with E-state index in [1.54, 1.807) is 35.2 Å². The number of nitrogen functional groups attached to an aromatic ring is 1. The Bertz CT molecular complexity index is 1360. The summed E-state index contributed by atoms with van der Waals surface area (Å²) in [5.41, 5.74) is 12.6. The molecule has 3 aromatic rings. The first-order valence-corrected chi connectivity index (χ1v) is 11.7. The zero-order chi connectivity index (χ0) is 24.9. The van der Waals surface area contributed by atoms with Gasteiger partial charge in [-0.05, 0) is 49.4 Å². The zero-order valence-electron chi connectivity index (χ0n) is 18.7. The van der Waals surface area contributed by atoms with Gasteiger partial charge in [0.2, 0.25) is 11.8 Å². The highest BCUT2D eigenvalue weighted by Gasteiger charge is 2.51. The van der Waals surface area contributed by atoms with E-state index in [0.717, 1.165) is 19.3 Å². The predicted octanol–water partition coefficient (Wildman–Crippen LogP) is 2.21. The van der Waals surface area contributed by atoms with E-state index >= 15 is 0 Å². The monoisotopic (exact) mass is 498 g/mol. The molecule has 5 N–H and O–H groups in total. The molecule has 1 aliphatic heterocycles. The van der Waals surface area contributed by atoms with Crippen molar-refractivity contribution >= 4 is 45.9 Å². The molecular weight excluding hydrogens is 475 g/mol. The number of aromatic nitrogens is 2. The van der Waals surface area contributed by atoms with Gasteiger partial charge in [0.15, 0.2) is 5.69 Å². The molecule has 0 radical (unpaired) electrons. The Morgan fingerprint density at radius 1 is 1.20 bits per heavy atom. The maximum atomic E-state index is 14.2. The van der Waals surface area contributed by atoms with Crippen molar-refractivity contribution in [1.29, 1.82) is 0 Å². The van der Waals surface area contributed by atoms with E-state index < -0.39 is 17.8 Å². The van der Waals surface area contributed by atoms with E-state index in [4.69, 9.17) is 23.1 Å². The molecule has 3 atom stereocenters. The average molecular weight is 499 g/mol. The van der Waals surface area contributed by atoms with Gasteiger partial charge in [0.25, 0.3) is 5.91 Å². The SMILES string of the molecule is NC(=O)c1nn(CC(=O)N2[C@@H]3CC[C@@H](C3)[C@H]2C(=O)NCc2cccc(Cl)c2F)c2cc(N)ccc12. The molecule has 2 bridgehead atoms. The quantitative estimate of drug-likeness (QED) is 0.447. The number of nitrogens with one attached hydrogen (secondary N) is 1. The molecule has 11 heteroatoms. The van der Waals surface area contributed by atoms with Crippen LogP contribution in [0.1, 0.15) is 35.3 Å². The van der Waals surface area contributed by atoms with Gasteiger partial charge in [0.1, 0.15) is 18.4 Å². The average Bonchev–Trinajstić information content (AvgIpc) is 3.53. The fraction of sp³-hybridized carbons (Fsp3) is 0.333. The number of halogens is 2. The van der Waals surface area contributed by atoms with Gasteiger partial charge >= 0.3 is 0 Å². The lowest BCUT2D eigenvalue weighted by Crippen LogP contribution is -2.53. The van der Waals surface area contributed by atoms with Gasteiger partial charge in [0.05, 0.1) is 10.5 Å². The summed E-state index contributed by atoms with van der Waals surface area (Å²) in [5.74, 6) is -1.90. The molecule has 1 saturated carbocycles. The smallest absolute Gasteiger partial charge is 0.269 e. The van der Waals surface area contributed by atoms with Gasteiger partial charge in [-0.2, -0.15) is 5.10 Å². The summed E-state index contributed by atoms with van der Waals surface area (Å²) < 4.78 is 15.6. The van der Waals surface area contributed by atoms with Crippen molar-refractivity contribution < 1.29 is 18.8 Å². The van der Waals surface area contributed by atoms with Crippen LogP contribution in [0.3, 0.4) is 0 Å². The van der Waals surface area contributed by atoms with Crippen molar-refractivity contribution in [2.45, 2.75) is 44.4 Å². The molecule has 35 heavy (non-hydrogen) atoms. The van der Waals surface area contributed by atoms with Crippen LogP contribution in [-0.2, 0) is 22.7 Å². The highest BCUT2D eigenvalue weighted by atomic mass is 35.5. The van der Waals surface area contributed by atoms with Crippen molar-refractivity contribution in [3.8, 4) is 0 Å². The van der Waals surface area contributed by atoms with Gasteiger partial charge < -0.3 is 21.7 Å². The number of hydrogen-bond donors (Lipinski definition) is 3. The maximum absolute atomic E-state index is 14.2. The van der Waals surface area contributed by atoms with Crippen LogP contribution in [0.25, 0.3) is 10.9 Å². The number of hydrogen-bond acceptors (Lipinski definition) is 5. The summed E-state index contributed by atoms with van der Waals surface area (Å²) in [7, 11) is 0. The Labute approximate surface area is 205 Å². The topological polar surface area (TPSA) is 136 Å². The molecule has 2 heterocycles. The molecule has 0 spiro atoms. The van der Waals surface area contributed by atoms with Gasteiger partial charge in [-0.25, -0.2) is 4.39 Å². The summed E-state index contributed by atoms with van der Waals surface area (Å²) >= 11 is 5.84. The third-order valence-corrected chi connectivity index (χ3v) is 7.21. The summed E-state index contributed by atoms with van der Waals surface area (Å²) in [6.07, 6.45) is 2.38. The number of nitrogens with two attached hydrogens (primary N) is 2. The Balaban J connectivity index is 1.37. The molecule has 1 aromatic heterocycles. The molecule has 182 valence electrons. The number of rotatable bonds is 6. The van der Waals surface area contributed by atoms with Crippen LogP contribution in [0.15, 0.2) is 36.4 Å². The van der Waals surface area contributed by atoms with E-state index in [2.05, 4.69) is 10.4 Å². The summed E-state index contributed by atoms with van der Waals surface area (Å²) in [4.78, 5) is 40.1. The van der Waals surface area contributed by atoms with Crippen molar-refractivity contribution in [1.82, 2.24) is 20.0 Å². The number of carbonyl (C=O) groups is 3. The number of primary amides is 1. The number of nitrogens with zero attached hydrogens (tertiary/aromatic N) is 3. The Morgan fingerprint density at radius 3 is 2.77 bits per heavy atom. The fourth-order valence-corrected chi connectivity index (χ4v) is 5.55. The molecule has 9 nitrogen and oxygen atoms in total. The molecular formula is C24H24ClFN6O3. The highest BCUT2D eigenvalue weighted by Crippen LogP contribution is 2.42. The lowest BCUT2D eigenvalue weighted by atomic mass is 9.97. The van der Waals surface area contributed by atoms with Gasteiger partial charge in [-0.1, -0.05) is 23.7 Å². The number of carbonyl (C=O) groups excluding carboxylic acids is 3. The Morgan fingerprint density at radius 2 is 2.00 bits per heavy atom. The van der Waals surface area contributed by atoms with Gasteiger partial charge in [-0.3, -0.25) is 19.1 Å². The molecule has 5 rings (SSSR count). The largest absolute Gasteiger partial charge is 0.399 e. The number of likely N-dealkylation sites (tertiary alicyclic amines) is 1. The van der Waals surface area contributed by atoms with Crippen molar-refractivity contribution in [2.75, 3.05) is 5.73 Å². The molecule has 0 unspecified atom stereocenters. The van der Waals surface area contributed by atoms with E-state index in [1.807, 2.05) is 0 Å². The summed E-state index contributed by atoms with van der Waals surface area (Å²) in [6.45, 7) is -0.213. The molecule has 1 aliphatic carbocycles. The third-order valence-electron chi connectivity index (χ3n) is 6.92. The van der Waals surface area contributed by atoms with Crippen LogP contribution in [0, 0.1) is 11.7 Å². The minimum atomic E-state index is -0.711. The van der Waals surface area contributed by atoms with Crippen LogP contribution in [0.4, 0.5) is 10.1 Å². The van der Waals surface area contributed by atoms with Crippen LogP contribution in [0.5, 0.6) is 0 Å². The van der Waals surface area contributed by atoms with Crippen molar-refractivity contribution in [3.63, 3.8) is 0 Å². The minimum absolute atomic E-state index is 0.0177. The van der Waals surface area contributed by atoms with Gasteiger partial charge in [-0.15, -0.1) is 0 Å². The molecule has 2 fully saturated rings. The molecule has 1 saturated heterocycles. The van der Waals surface area contributed by atoms with Crippen LogP contribution in [0.2, 0.25) is 5.02 Å². The van der Waals surface area contributed by atoms with Crippen LogP contribution in [-0.4, -0.2) is 44.5 Å². The van der Waals surface area contributed by atoms with E-state index in [1.165, 1.54) is 10.7 Å². The predicted molar refractivity (Wildman–Crippen MR) is 128 cm³/mol. The number of benzene rings is 2. The number of piperidine rings is 1. The van der Waals surface area contributed by atoms with E-state index in [9.17, 15) is 18.8 Å². The number of anilines is 1. The first-order chi connectivity index (χ1) is 16.7. The molecule has 3 amide bonds. The third kappa shape index (κ3) is 4.07. The zero-order valence-corrected chi connectivity index (χ0v) is 19.5. The number of fused-ring (bicyclic) bond motifs is 3. The lowest BCUT2D eigenvalue weighted by molar-refractivity contribution is -0.143. The second-order valence-corrected chi connectivity index (χ2v) is 9.46. The molecule has 2 aromatic carbocycles. The minimum Gasteiger partial charge on any atom is -0.399 e. The fourth-order valence-electron chi connectivity index (χ4n) is 5.36. The summed E-state index contributed by atoms with van der Waals surface area (Å²) in [5, 5.41) is 7.50. The number of amides is 3. The standard InChI is InChI=1S/C24H24ClFN6O3/c25-17-3-1-2-13(20(17)26)10-29-24(35)22-12-4-6-15(8-12)32(22)19(33)11-31-18-9-14(27)5-7-16(18)21(30-31)23(28)34/h1-3,5,7,9,12,15,22H,4,6,8,10-11,27H2,(H2,28,34)(H,29,35)/t12-,15+,22-/m0/s1. The second-order valence-electron chi connectivity index (χ2n) is 9.05. The Hall–Kier alpha value is -3.66. The van der Waals surface area contributed by atoms with Gasteiger partial charge in [0, 0.05) is 29.2 Å². The van der Waals surface area contributed by atoms with Crippen LogP contribution >= 0.6 is 11.6 Å². The first-order valence-electron chi connectivity index (χ1n) is 11.3.